The minimum Gasteiger partial charge on any atom is -0.468 e. The number of carbonyl (C=O) groups is 2. The molecule has 3 rings (SSSR count). The molecule has 0 spiro atoms. The Morgan fingerprint density at radius 1 is 1.29 bits per heavy atom. The first kappa shape index (κ1) is 16.2. The number of rotatable bonds is 3. The van der Waals surface area contributed by atoms with Crippen molar-refractivity contribution in [3.63, 3.8) is 0 Å². The van der Waals surface area contributed by atoms with E-state index in [1.165, 1.54) is 24.7 Å². The van der Waals surface area contributed by atoms with E-state index in [0.29, 0.717) is 4.80 Å². The predicted molar refractivity (Wildman–Crippen MR) is 89.9 cm³/mol. The van der Waals surface area contributed by atoms with Crippen LogP contribution in [0.5, 0.6) is 0 Å². The van der Waals surface area contributed by atoms with E-state index in [0.717, 1.165) is 21.3 Å². The number of aromatic nitrogens is 1. The standard InChI is InChI=1S/C17H16N2O4S/c1-10-7-12-14(8-11(10)2)24-17(19(12)9-15(20)22-3)18-16(21)13-5-4-6-23-13/h4-8H,9H2,1-3H3. The normalized spacial score (nSPS) is 11.9. The van der Waals surface area contributed by atoms with Crippen LogP contribution in [0, 0.1) is 13.8 Å². The second kappa shape index (κ2) is 6.45. The summed E-state index contributed by atoms with van der Waals surface area (Å²) in [4.78, 5) is 28.5. The Hall–Kier alpha value is -2.67. The zero-order chi connectivity index (χ0) is 17.3. The van der Waals surface area contributed by atoms with Crippen LogP contribution >= 0.6 is 11.3 Å². The van der Waals surface area contributed by atoms with Crippen LogP contribution in [-0.4, -0.2) is 23.6 Å². The summed E-state index contributed by atoms with van der Waals surface area (Å²) < 4.78 is 12.5. The molecule has 2 heterocycles. The number of ether oxygens (including phenoxy) is 1. The van der Waals surface area contributed by atoms with Crippen LogP contribution in [0.1, 0.15) is 21.7 Å². The molecule has 6 nitrogen and oxygen atoms in total. The van der Waals surface area contributed by atoms with Crippen molar-refractivity contribution < 1.29 is 18.7 Å². The van der Waals surface area contributed by atoms with E-state index in [4.69, 9.17) is 9.15 Å². The molecule has 0 aliphatic heterocycles. The second-order valence-electron chi connectivity index (χ2n) is 5.35. The molecule has 2 aromatic heterocycles. The van der Waals surface area contributed by atoms with Crippen LogP contribution in [0.2, 0.25) is 0 Å². The number of hydrogen-bond acceptors (Lipinski definition) is 5. The number of esters is 1. The van der Waals surface area contributed by atoms with Gasteiger partial charge in [0.25, 0.3) is 0 Å². The third kappa shape index (κ3) is 3.03. The zero-order valence-corrected chi connectivity index (χ0v) is 14.3. The minimum atomic E-state index is -0.487. The van der Waals surface area contributed by atoms with Crippen LogP contribution in [0.25, 0.3) is 10.2 Å². The van der Waals surface area contributed by atoms with Gasteiger partial charge in [0.1, 0.15) is 6.54 Å². The zero-order valence-electron chi connectivity index (χ0n) is 13.5. The maximum atomic E-state index is 12.2. The number of methoxy groups -OCH3 is 1. The van der Waals surface area contributed by atoms with E-state index in [1.807, 2.05) is 26.0 Å². The maximum Gasteiger partial charge on any atom is 0.325 e. The molecule has 0 radical (unpaired) electrons. The fourth-order valence-electron chi connectivity index (χ4n) is 2.30. The van der Waals surface area contributed by atoms with Gasteiger partial charge in [0.05, 0.1) is 23.6 Å². The van der Waals surface area contributed by atoms with Crippen LogP contribution in [0.15, 0.2) is 39.9 Å². The molecule has 0 aliphatic carbocycles. The van der Waals surface area contributed by atoms with Gasteiger partial charge < -0.3 is 13.7 Å². The summed E-state index contributed by atoms with van der Waals surface area (Å²) in [6, 6.07) is 7.20. The van der Waals surface area contributed by atoms with Gasteiger partial charge in [-0.25, -0.2) is 0 Å². The molecule has 0 atom stereocenters. The number of carbonyl (C=O) groups excluding carboxylic acids is 2. The molecule has 0 aliphatic rings. The molecule has 0 saturated carbocycles. The molecule has 1 aromatic carbocycles. The monoisotopic (exact) mass is 344 g/mol. The number of nitrogens with zero attached hydrogens (tertiary/aromatic N) is 2. The van der Waals surface area contributed by atoms with Crippen molar-refractivity contribution >= 4 is 33.4 Å². The smallest absolute Gasteiger partial charge is 0.325 e. The van der Waals surface area contributed by atoms with E-state index < -0.39 is 11.9 Å². The molecule has 3 aromatic rings. The van der Waals surface area contributed by atoms with Crippen LogP contribution in [0.4, 0.5) is 0 Å². The molecule has 0 N–H and O–H groups in total. The number of benzene rings is 1. The van der Waals surface area contributed by atoms with Gasteiger partial charge in [-0.1, -0.05) is 11.3 Å². The highest BCUT2D eigenvalue weighted by atomic mass is 32.1. The van der Waals surface area contributed by atoms with Crippen molar-refractivity contribution in [2.75, 3.05) is 7.11 Å². The Morgan fingerprint density at radius 2 is 2.04 bits per heavy atom. The SMILES string of the molecule is COC(=O)Cn1c(=NC(=O)c2ccco2)sc2cc(C)c(C)cc21. The average Bonchev–Trinajstić information content (AvgIpc) is 3.18. The molecule has 1 amide bonds. The molecule has 7 heteroatoms. The van der Waals surface area contributed by atoms with Crippen molar-refractivity contribution in [3.05, 3.63) is 52.2 Å². The van der Waals surface area contributed by atoms with Crippen LogP contribution in [0.3, 0.4) is 0 Å². The summed E-state index contributed by atoms with van der Waals surface area (Å²) in [5, 5.41) is 0. The van der Waals surface area contributed by atoms with E-state index in [1.54, 1.807) is 16.7 Å². The van der Waals surface area contributed by atoms with E-state index in [-0.39, 0.29) is 12.3 Å². The third-order valence-corrected chi connectivity index (χ3v) is 4.78. The van der Waals surface area contributed by atoms with Crippen molar-refractivity contribution in [1.29, 1.82) is 0 Å². The van der Waals surface area contributed by atoms with Gasteiger partial charge in [0.2, 0.25) is 0 Å². The van der Waals surface area contributed by atoms with Crippen molar-refractivity contribution in [1.82, 2.24) is 4.57 Å². The largest absolute Gasteiger partial charge is 0.468 e. The number of furan rings is 1. The number of aryl methyl sites for hydroxylation is 2. The Labute approximate surface area is 142 Å². The van der Waals surface area contributed by atoms with E-state index in [9.17, 15) is 9.59 Å². The lowest BCUT2D eigenvalue weighted by atomic mass is 10.1. The molecule has 124 valence electrons. The summed E-state index contributed by atoms with van der Waals surface area (Å²) in [6.07, 6.45) is 1.42. The van der Waals surface area contributed by atoms with Crippen molar-refractivity contribution in [2.24, 2.45) is 4.99 Å². The highest BCUT2D eigenvalue weighted by Crippen LogP contribution is 2.22. The molecular formula is C17H16N2O4S. The van der Waals surface area contributed by atoms with Crippen LogP contribution < -0.4 is 4.80 Å². The van der Waals surface area contributed by atoms with E-state index in [2.05, 4.69) is 4.99 Å². The maximum absolute atomic E-state index is 12.2. The minimum absolute atomic E-state index is 0.0106. The molecular weight excluding hydrogens is 328 g/mol. The summed E-state index contributed by atoms with van der Waals surface area (Å²) in [6.45, 7) is 4.01. The van der Waals surface area contributed by atoms with Gasteiger partial charge in [0, 0.05) is 0 Å². The quantitative estimate of drug-likeness (QED) is 0.685. The molecule has 0 unspecified atom stereocenters. The number of thiazole rings is 1. The van der Waals surface area contributed by atoms with Gasteiger partial charge in [-0.2, -0.15) is 4.99 Å². The average molecular weight is 344 g/mol. The first-order valence-corrected chi connectivity index (χ1v) is 8.11. The fourth-order valence-corrected chi connectivity index (χ4v) is 3.40. The Morgan fingerprint density at radius 3 is 2.71 bits per heavy atom. The molecule has 0 fully saturated rings. The lowest BCUT2D eigenvalue weighted by Crippen LogP contribution is -2.22. The second-order valence-corrected chi connectivity index (χ2v) is 6.35. The van der Waals surface area contributed by atoms with Gasteiger partial charge in [-0.3, -0.25) is 9.59 Å². The fraction of sp³-hybridized carbons (Fsp3) is 0.235. The first-order chi connectivity index (χ1) is 11.5. The number of hydrogen-bond donors (Lipinski definition) is 0. The Kier molecular flexibility index (Phi) is 4.35. The van der Waals surface area contributed by atoms with E-state index >= 15 is 0 Å². The molecule has 0 saturated heterocycles. The summed E-state index contributed by atoms with van der Waals surface area (Å²) in [7, 11) is 1.33. The van der Waals surface area contributed by atoms with Gasteiger partial charge in [-0.05, 0) is 49.2 Å². The Bertz CT molecular complexity index is 980. The lowest BCUT2D eigenvalue weighted by Gasteiger charge is -2.05. The van der Waals surface area contributed by atoms with Gasteiger partial charge in [0.15, 0.2) is 10.6 Å². The molecule has 0 bridgehead atoms. The lowest BCUT2D eigenvalue weighted by molar-refractivity contribution is -0.141. The number of amides is 1. The molecule has 24 heavy (non-hydrogen) atoms. The van der Waals surface area contributed by atoms with Crippen molar-refractivity contribution in [2.45, 2.75) is 20.4 Å². The van der Waals surface area contributed by atoms with Crippen LogP contribution in [-0.2, 0) is 16.1 Å². The topological polar surface area (TPSA) is 73.8 Å². The Balaban J connectivity index is 2.20. The summed E-state index contributed by atoms with van der Waals surface area (Å²) >= 11 is 1.35. The van der Waals surface area contributed by atoms with Gasteiger partial charge >= 0.3 is 11.9 Å². The van der Waals surface area contributed by atoms with Crippen molar-refractivity contribution in [3.8, 4) is 0 Å². The summed E-state index contributed by atoms with van der Waals surface area (Å²) in [5.41, 5.74) is 3.08. The highest BCUT2D eigenvalue weighted by molar-refractivity contribution is 7.16. The highest BCUT2D eigenvalue weighted by Gasteiger charge is 2.14. The van der Waals surface area contributed by atoms with Gasteiger partial charge in [-0.15, -0.1) is 0 Å². The predicted octanol–water partition coefficient (Wildman–Crippen LogP) is 2.83. The first-order valence-electron chi connectivity index (χ1n) is 7.29. The third-order valence-electron chi connectivity index (χ3n) is 3.74. The summed E-state index contributed by atoms with van der Waals surface area (Å²) in [5.74, 6) is -0.733. The number of fused-ring (bicyclic) bond motifs is 1.